The Morgan fingerprint density at radius 3 is 2.50 bits per heavy atom. The van der Waals surface area contributed by atoms with Crippen LogP contribution in [0.25, 0.3) is 0 Å². The quantitative estimate of drug-likeness (QED) is 0.210. The third-order valence-corrected chi connectivity index (χ3v) is 0.585. The second-order valence-corrected chi connectivity index (χ2v) is 1.10. The molecule has 0 aromatic carbocycles. The van der Waals surface area contributed by atoms with Crippen LogP contribution in [0.3, 0.4) is 0 Å². The van der Waals surface area contributed by atoms with Gasteiger partial charge in [0.05, 0.1) is 0 Å². The SMILES string of the molecule is N#CC(=NN)C(=O)N=C=O. The van der Waals surface area contributed by atoms with E-state index in [2.05, 4.69) is 15.9 Å². The summed E-state index contributed by atoms with van der Waals surface area (Å²) in [6, 6.07) is 1.34. The first kappa shape index (κ1) is 8.01. The van der Waals surface area contributed by atoms with Crippen LogP contribution in [0.4, 0.5) is 0 Å². The van der Waals surface area contributed by atoms with Crippen molar-refractivity contribution in [3.63, 3.8) is 0 Å². The Balaban J connectivity index is 4.52. The number of nitriles is 1. The number of nitrogens with zero attached hydrogens (tertiary/aromatic N) is 3. The van der Waals surface area contributed by atoms with Gasteiger partial charge in [0, 0.05) is 0 Å². The van der Waals surface area contributed by atoms with Gasteiger partial charge in [-0.2, -0.15) is 10.4 Å². The fourth-order valence-electron chi connectivity index (χ4n) is 0.226. The Kier molecular flexibility index (Phi) is 3.16. The molecule has 0 fully saturated rings. The molecule has 0 radical (unpaired) electrons. The van der Waals surface area contributed by atoms with E-state index in [0.717, 1.165) is 6.08 Å². The number of carbonyl (C=O) groups is 1. The summed E-state index contributed by atoms with van der Waals surface area (Å²) < 4.78 is 0. The zero-order chi connectivity index (χ0) is 7.98. The van der Waals surface area contributed by atoms with Crippen LogP contribution >= 0.6 is 0 Å². The predicted octanol–water partition coefficient (Wildman–Crippen LogP) is -1.31. The lowest BCUT2D eigenvalue weighted by atomic mass is 10.4. The van der Waals surface area contributed by atoms with Crippen molar-refractivity contribution in [1.82, 2.24) is 0 Å². The molecule has 2 N–H and O–H groups in total. The molecule has 0 bridgehead atoms. The lowest BCUT2D eigenvalue weighted by molar-refractivity contribution is -0.111. The average molecular weight is 138 g/mol. The second-order valence-electron chi connectivity index (χ2n) is 1.10. The molecule has 6 nitrogen and oxygen atoms in total. The van der Waals surface area contributed by atoms with E-state index in [9.17, 15) is 9.59 Å². The van der Waals surface area contributed by atoms with Crippen molar-refractivity contribution in [2.45, 2.75) is 0 Å². The van der Waals surface area contributed by atoms with Gasteiger partial charge in [-0.3, -0.25) is 4.79 Å². The topological polar surface area (TPSA) is 109 Å². The van der Waals surface area contributed by atoms with E-state index in [1.165, 1.54) is 6.07 Å². The minimum absolute atomic E-state index is 0.622. The van der Waals surface area contributed by atoms with Crippen molar-refractivity contribution in [2.75, 3.05) is 0 Å². The largest absolute Gasteiger partial charge is 0.322 e. The van der Waals surface area contributed by atoms with Crippen LogP contribution in [0.2, 0.25) is 0 Å². The zero-order valence-corrected chi connectivity index (χ0v) is 4.74. The molecule has 0 aromatic heterocycles. The summed E-state index contributed by atoms with van der Waals surface area (Å²) >= 11 is 0. The van der Waals surface area contributed by atoms with Gasteiger partial charge in [0.25, 0.3) is 0 Å². The summed E-state index contributed by atoms with van der Waals surface area (Å²) in [5, 5.41) is 10.8. The normalized spacial score (nSPS) is 9.30. The van der Waals surface area contributed by atoms with Gasteiger partial charge < -0.3 is 5.84 Å². The number of amides is 1. The predicted molar refractivity (Wildman–Crippen MR) is 30.4 cm³/mol. The molecule has 50 valence electrons. The number of isocyanates is 1. The van der Waals surface area contributed by atoms with Crippen molar-refractivity contribution in [2.24, 2.45) is 15.9 Å². The molecule has 0 saturated heterocycles. The summed E-state index contributed by atoms with van der Waals surface area (Å²) in [5.74, 6) is 3.49. The van der Waals surface area contributed by atoms with Crippen LogP contribution < -0.4 is 5.84 Å². The molecule has 0 unspecified atom stereocenters. The lowest BCUT2D eigenvalue weighted by Gasteiger charge is -1.80. The Hall–Kier alpha value is -1.99. The van der Waals surface area contributed by atoms with Crippen LogP contribution in [0.5, 0.6) is 0 Å². The molecule has 0 aliphatic heterocycles. The maximum Gasteiger partial charge on any atom is 0.319 e. The fraction of sp³-hybridized carbons (Fsp3) is 0. The van der Waals surface area contributed by atoms with Gasteiger partial charge in [-0.15, -0.1) is 4.99 Å². The van der Waals surface area contributed by atoms with Crippen LogP contribution in [-0.2, 0) is 9.59 Å². The van der Waals surface area contributed by atoms with Crippen molar-refractivity contribution < 1.29 is 9.59 Å². The molecular weight excluding hydrogens is 136 g/mol. The average Bonchev–Trinajstić information content (AvgIpc) is 1.91. The zero-order valence-electron chi connectivity index (χ0n) is 4.74. The minimum Gasteiger partial charge on any atom is -0.322 e. The highest BCUT2D eigenvalue weighted by atomic mass is 16.2. The summed E-state index contributed by atoms with van der Waals surface area (Å²) in [6.45, 7) is 0. The third kappa shape index (κ3) is 1.86. The van der Waals surface area contributed by atoms with Gasteiger partial charge >= 0.3 is 5.91 Å². The molecule has 0 atom stereocenters. The monoisotopic (exact) mass is 138 g/mol. The Morgan fingerprint density at radius 1 is 1.60 bits per heavy atom. The maximum atomic E-state index is 10.3. The van der Waals surface area contributed by atoms with Crippen molar-refractivity contribution >= 4 is 17.7 Å². The number of aliphatic imine (C=N–C) groups is 1. The molecule has 0 rings (SSSR count). The summed E-state index contributed by atoms with van der Waals surface area (Å²) in [6.07, 6.45) is 0.955. The van der Waals surface area contributed by atoms with Crippen LogP contribution in [0.15, 0.2) is 10.1 Å². The first-order chi connectivity index (χ1) is 4.76. The third-order valence-electron chi connectivity index (χ3n) is 0.585. The molecule has 1 amide bonds. The summed E-state index contributed by atoms with van der Waals surface area (Å²) in [4.78, 5) is 22.4. The standard InChI is InChI=1S/C4H2N4O2/c5-1-3(8-6)4(10)7-2-9/h6H2. The van der Waals surface area contributed by atoms with Gasteiger partial charge in [-0.05, 0) is 0 Å². The minimum atomic E-state index is -1.08. The molecule has 0 spiro atoms. The number of nitrogens with two attached hydrogens (primary N) is 1. The smallest absolute Gasteiger partial charge is 0.319 e. The second kappa shape index (κ2) is 3.95. The van der Waals surface area contributed by atoms with Crippen molar-refractivity contribution in [1.29, 1.82) is 5.26 Å². The van der Waals surface area contributed by atoms with E-state index < -0.39 is 11.6 Å². The number of hydrogen-bond donors (Lipinski definition) is 1. The summed E-state index contributed by atoms with van der Waals surface area (Å²) in [7, 11) is 0. The Bertz CT molecular complexity index is 255. The number of carbonyl (C=O) groups excluding carboxylic acids is 2. The molecular formula is C4H2N4O2. The highest BCUT2D eigenvalue weighted by Crippen LogP contribution is 1.77. The molecule has 0 aliphatic rings. The first-order valence-corrected chi connectivity index (χ1v) is 2.06. The maximum absolute atomic E-state index is 10.3. The van der Waals surface area contributed by atoms with E-state index >= 15 is 0 Å². The van der Waals surface area contributed by atoms with Gasteiger partial charge in [-0.25, -0.2) is 4.79 Å². The number of hydrogen-bond acceptors (Lipinski definition) is 5. The van der Waals surface area contributed by atoms with Crippen molar-refractivity contribution in [3.8, 4) is 6.07 Å². The lowest BCUT2D eigenvalue weighted by Crippen LogP contribution is -2.10. The first-order valence-electron chi connectivity index (χ1n) is 2.06. The van der Waals surface area contributed by atoms with E-state index in [0.29, 0.717) is 0 Å². The molecule has 10 heavy (non-hydrogen) atoms. The fourth-order valence-corrected chi connectivity index (χ4v) is 0.226. The Labute approximate surface area is 55.7 Å². The van der Waals surface area contributed by atoms with Gasteiger partial charge in [0.15, 0.2) is 0 Å². The van der Waals surface area contributed by atoms with Gasteiger partial charge in [0.2, 0.25) is 11.8 Å². The molecule has 6 heteroatoms. The van der Waals surface area contributed by atoms with E-state index in [1.807, 2.05) is 0 Å². The van der Waals surface area contributed by atoms with Crippen LogP contribution in [-0.4, -0.2) is 17.7 Å². The number of rotatable bonds is 1. The molecule has 0 saturated carbocycles. The highest BCUT2D eigenvalue weighted by Gasteiger charge is 2.07. The summed E-state index contributed by atoms with van der Waals surface area (Å²) in [5.41, 5.74) is -0.622. The van der Waals surface area contributed by atoms with Gasteiger partial charge in [0.1, 0.15) is 6.07 Å². The van der Waals surface area contributed by atoms with E-state index in [-0.39, 0.29) is 0 Å². The molecule has 0 heterocycles. The molecule has 0 aromatic rings. The highest BCUT2D eigenvalue weighted by molar-refractivity contribution is 6.45. The van der Waals surface area contributed by atoms with E-state index in [1.54, 1.807) is 0 Å². The van der Waals surface area contributed by atoms with Crippen molar-refractivity contribution in [3.05, 3.63) is 0 Å². The molecule has 0 aliphatic carbocycles. The van der Waals surface area contributed by atoms with Gasteiger partial charge in [-0.1, -0.05) is 0 Å². The number of hydrazone groups is 1. The van der Waals surface area contributed by atoms with E-state index in [4.69, 9.17) is 5.26 Å². The van der Waals surface area contributed by atoms with Crippen LogP contribution in [0, 0.1) is 11.3 Å². The Morgan fingerprint density at radius 2 is 2.20 bits per heavy atom. The van der Waals surface area contributed by atoms with Crippen LogP contribution in [0.1, 0.15) is 0 Å².